The zero-order chi connectivity index (χ0) is 46.2. The average Bonchev–Trinajstić information content (AvgIpc) is 4.15. The van der Waals surface area contributed by atoms with Crippen LogP contribution in [0.5, 0.6) is 11.5 Å². The first-order valence-corrected chi connectivity index (χ1v) is 21.5. The number of likely N-dealkylation sites (tertiary alicyclic amines) is 1. The Morgan fingerprint density at radius 3 is 2.03 bits per heavy atom. The van der Waals surface area contributed by atoms with Crippen molar-refractivity contribution in [2.45, 2.75) is 66.7 Å². The summed E-state index contributed by atoms with van der Waals surface area (Å²) < 4.78 is 24.6. The van der Waals surface area contributed by atoms with Crippen molar-refractivity contribution in [1.29, 1.82) is 0 Å². The van der Waals surface area contributed by atoms with E-state index in [4.69, 9.17) is 41.4 Å². The van der Waals surface area contributed by atoms with E-state index in [1.807, 2.05) is 32.9 Å². The number of hydrogen-bond donors (Lipinski definition) is 5. The predicted octanol–water partition coefficient (Wildman–Crippen LogP) is 3.48. The zero-order valence-electron chi connectivity index (χ0n) is 37.1. The number of hydrogen-bond acceptors (Lipinski definition) is 13. The van der Waals surface area contributed by atoms with Gasteiger partial charge in [0.1, 0.15) is 40.5 Å². The Hall–Kier alpha value is -7.26. The number of nitrogen functional groups attached to an aromatic ring is 1. The van der Waals surface area contributed by atoms with Crippen LogP contribution in [-0.2, 0) is 30.9 Å². The summed E-state index contributed by atoms with van der Waals surface area (Å²) in [6, 6.07) is 7.90. The van der Waals surface area contributed by atoms with Gasteiger partial charge in [-0.15, -0.1) is 0 Å². The van der Waals surface area contributed by atoms with E-state index in [0.717, 1.165) is 39.1 Å². The lowest BCUT2D eigenvalue weighted by atomic mass is 9.87. The van der Waals surface area contributed by atoms with E-state index in [1.54, 1.807) is 38.9 Å². The molecule has 8 N–H and O–H groups in total. The number of imidazole rings is 2. The quantitative estimate of drug-likeness (QED) is 0.0822. The van der Waals surface area contributed by atoms with E-state index in [-0.39, 0.29) is 52.9 Å². The molecule has 1 spiro atoms. The molecule has 1 unspecified atom stereocenters. The van der Waals surface area contributed by atoms with Gasteiger partial charge in [0, 0.05) is 62.4 Å². The van der Waals surface area contributed by atoms with Gasteiger partial charge in [0.05, 0.1) is 41.8 Å². The van der Waals surface area contributed by atoms with Crippen LogP contribution in [0.15, 0.2) is 42.5 Å². The number of aromatic nitrogens is 8. The minimum atomic E-state index is -0.681. The lowest BCUT2D eigenvalue weighted by Gasteiger charge is -2.22. The van der Waals surface area contributed by atoms with E-state index in [2.05, 4.69) is 25.7 Å². The Morgan fingerprint density at radius 2 is 1.45 bits per heavy atom. The summed E-state index contributed by atoms with van der Waals surface area (Å²) in [7, 11) is 1.46. The highest BCUT2D eigenvalue weighted by molar-refractivity contribution is 6.07. The van der Waals surface area contributed by atoms with Crippen LogP contribution in [0.2, 0.25) is 0 Å². The maximum absolute atomic E-state index is 13.9. The number of allylic oxidation sites excluding steroid dienone is 2. The summed E-state index contributed by atoms with van der Waals surface area (Å²) in [6.45, 7) is 12.8. The third-order valence-electron chi connectivity index (χ3n) is 12.1. The van der Waals surface area contributed by atoms with Gasteiger partial charge < -0.3 is 40.5 Å². The van der Waals surface area contributed by atoms with Crippen LogP contribution in [0, 0.1) is 19.3 Å². The monoisotopic (exact) mass is 890 g/mol. The maximum Gasteiger partial charge on any atom is 0.278 e. The van der Waals surface area contributed by atoms with Gasteiger partial charge in [-0.1, -0.05) is 12.2 Å². The van der Waals surface area contributed by atoms with Crippen molar-refractivity contribution < 1.29 is 33.4 Å². The molecule has 2 aliphatic rings. The normalized spacial score (nSPS) is 16.4. The van der Waals surface area contributed by atoms with Crippen molar-refractivity contribution in [1.82, 2.24) is 43.6 Å². The number of nitrogens with two attached hydrogens (primary N) is 3. The average molecular weight is 891 g/mol. The summed E-state index contributed by atoms with van der Waals surface area (Å²) in [6.07, 6.45) is 5.80. The molecule has 0 bridgehead atoms. The largest absolute Gasteiger partial charge is 0.494 e. The number of carbonyl (C=O) groups is 4. The smallest absolute Gasteiger partial charge is 0.278 e. The second kappa shape index (κ2) is 18.1. The fourth-order valence-electron chi connectivity index (χ4n) is 8.75. The summed E-state index contributed by atoms with van der Waals surface area (Å²) in [4.78, 5) is 64.5. The van der Waals surface area contributed by atoms with E-state index >= 15 is 0 Å². The summed E-state index contributed by atoms with van der Waals surface area (Å²) in [5.41, 5.74) is 22.0. The highest BCUT2D eigenvalue weighted by atomic mass is 16.5. The van der Waals surface area contributed by atoms with E-state index in [1.165, 1.54) is 23.9 Å². The van der Waals surface area contributed by atoms with Gasteiger partial charge in [-0.25, -0.2) is 9.97 Å². The van der Waals surface area contributed by atoms with Crippen LogP contribution in [0.4, 0.5) is 17.6 Å². The van der Waals surface area contributed by atoms with Crippen LogP contribution in [0.1, 0.15) is 79.8 Å². The Kier molecular flexibility index (Phi) is 12.3. The number of carbonyl (C=O) groups excluding carboxylic acids is 4. The molecular formula is C44H54N14O7. The Bertz CT molecular complexity index is 2860. The highest BCUT2D eigenvalue weighted by Gasteiger charge is 2.41. The number of fused-ring (bicyclic) bond motifs is 2. The number of anilines is 3. The van der Waals surface area contributed by atoms with Gasteiger partial charge >= 0.3 is 0 Å². The molecule has 0 saturated carbocycles. The Labute approximate surface area is 373 Å². The number of amides is 4. The third kappa shape index (κ3) is 8.71. The molecule has 2 saturated heterocycles. The molecular weight excluding hydrogens is 837 g/mol. The number of rotatable bonds is 17. The van der Waals surface area contributed by atoms with Crippen LogP contribution >= 0.6 is 0 Å². The topological polar surface area (TPSA) is 273 Å². The Morgan fingerprint density at radius 1 is 0.831 bits per heavy atom. The lowest BCUT2D eigenvalue weighted by Crippen LogP contribution is -2.30. The molecule has 2 aliphatic heterocycles. The van der Waals surface area contributed by atoms with Crippen LogP contribution in [-0.4, -0.2) is 114 Å². The van der Waals surface area contributed by atoms with Crippen molar-refractivity contribution in [3.8, 4) is 11.5 Å². The molecule has 4 amide bonds. The molecule has 1 atom stereocenters. The molecule has 8 rings (SSSR count). The van der Waals surface area contributed by atoms with Crippen molar-refractivity contribution in [2.24, 2.45) is 16.9 Å². The standard InChI is InChI=1S/C44H54N14O7/c1-6-57-31(18-25(3)52-57)40(61)50-42-49-30-20-28(39(47)60)22-33(65-17-15-54-14-10-44(23-54)11-16-64-24-44)36(30)56(42)13-9-8-12-55-35-29(19-27(38(46)59)21-32(35)63-5)48-43(55)51-41(62)37-34(45)26(4)53-58(37)7-2/h8-9,18-22H,6-7,10-17,23-24,45H2,1-5H3,(H2,46,59)(H2,47,60)(H,48,51,62)(H,49,50,61)/b9-8+. The van der Waals surface area contributed by atoms with Crippen LogP contribution < -0.4 is 37.3 Å². The van der Waals surface area contributed by atoms with Gasteiger partial charge in [-0.05, 0) is 77.4 Å². The lowest BCUT2D eigenvalue weighted by molar-refractivity contribution is 0.0991. The first-order chi connectivity index (χ1) is 31.2. The Balaban J connectivity index is 1.15. The third-order valence-corrected chi connectivity index (χ3v) is 12.1. The van der Waals surface area contributed by atoms with Gasteiger partial charge in [-0.3, -0.25) is 44.1 Å². The SMILES string of the molecule is CCn1nc(C)cc1C(=O)Nc1nc2cc(C(N)=O)cc(OCCN3CCC4(CCOC4)C3)c2n1C/C=C/Cn1c(NC(=O)c2c(N)c(C)nn2CC)nc2cc(C(N)=O)cc(OC)c21. The molecule has 2 aromatic carbocycles. The molecule has 0 aliphatic carbocycles. The molecule has 2 fully saturated rings. The second-order valence-electron chi connectivity index (χ2n) is 16.4. The first-order valence-electron chi connectivity index (χ1n) is 21.5. The molecule has 6 aromatic rings. The van der Waals surface area contributed by atoms with Gasteiger partial charge in [0.2, 0.25) is 23.7 Å². The number of benzene rings is 2. The van der Waals surface area contributed by atoms with E-state index in [0.29, 0.717) is 76.9 Å². The summed E-state index contributed by atoms with van der Waals surface area (Å²) >= 11 is 0. The number of primary amides is 2. The minimum Gasteiger partial charge on any atom is -0.494 e. The van der Waals surface area contributed by atoms with Crippen molar-refractivity contribution in [2.75, 3.05) is 62.9 Å². The van der Waals surface area contributed by atoms with E-state index < -0.39 is 23.6 Å². The fraction of sp³-hybridized carbons (Fsp3) is 0.409. The molecule has 21 heteroatoms. The molecule has 65 heavy (non-hydrogen) atoms. The fourth-order valence-corrected chi connectivity index (χ4v) is 8.75. The molecule has 6 heterocycles. The zero-order valence-corrected chi connectivity index (χ0v) is 37.1. The number of nitrogens with zero attached hydrogens (tertiary/aromatic N) is 9. The summed E-state index contributed by atoms with van der Waals surface area (Å²) in [5.74, 6) is -1.32. The summed E-state index contributed by atoms with van der Waals surface area (Å²) in [5, 5.41) is 14.7. The molecule has 21 nitrogen and oxygen atoms in total. The predicted molar refractivity (Wildman–Crippen MR) is 242 cm³/mol. The van der Waals surface area contributed by atoms with Gasteiger partial charge in [0.15, 0.2) is 0 Å². The van der Waals surface area contributed by atoms with E-state index in [9.17, 15) is 19.2 Å². The van der Waals surface area contributed by atoms with Crippen LogP contribution in [0.3, 0.4) is 0 Å². The number of aryl methyl sites for hydroxylation is 4. The van der Waals surface area contributed by atoms with Crippen molar-refractivity contribution >= 4 is 63.3 Å². The number of nitrogens with one attached hydrogen (secondary N) is 2. The first kappa shape index (κ1) is 44.4. The molecule has 4 aromatic heterocycles. The van der Waals surface area contributed by atoms with Gasteiger partial charge in [0.25, 0.3) is 11.8 Å². The van der Waals surface area contributed by atoms with Crippen molar-refractivity contribution in [3.05, 3.63) is 76.4 Å². The second-order valence-corrected chi connectivity index (χ2v) is 16.4. The van der Waals surface area contributed by atoms with Crippen molar-refractivity contribution in [3.63, 3.8) is 0 Å². The van der Waals surface area contributed by atoms with Crippen LogP contribution in [0.25, 0.3) is 22.1 Å². The maximum atomic E-state index is 13.9. The number of methoxy groups -OCH3 is 1. The highest BCUT2D eigenvalue weighted by Crippen LogP contribution is 2.38. The number of ether oxygens (including phenoxy) is 3. The van der Waals surface area contributed by atoms with Gasteiger partial charge in [-0.2, -0.15) is 10.2 Å². The molecule has 342 valence electrons. The minimum absolute atomic E-state index is 0.137. The molecule has 0 radical (unpaired) electrons.